The molecule has 2 aliphatic rings. The number of anilines is 2. The maximum absolute atomic E-state index is 10.1. The first kappa shape index (κ1) is 24.9. The molecule has 0 unspecified atom stereocenters. The van der Waals surface area contributed by atoms with Gasteiger partial charge in [-0.1, -0.05) is 0 Å². The molecule has 200 valence electrons. The quantitative estimate of drug-likeness (QED) is 0.382. The summed E-state index contributed by atoms with van der Waals surface area (Å²) in [5, 5.41) is 18.4. The van der Waals surface area contributed by atoms with Crippen LogP contribution in [0.5, 0.6) is 0 Å². The van der Waals surface area contributed by atoms with Gasteiger partial charge >= 0.3 is 0 Å². The van der Waals surface area contributed by atoms with Crippen molar-refractivity contribution >= 4 is 17.3 Å². The van der Waals surface area contributed by atoms with Crippen molar-refractivity contribution in [3.05, 3.63) is 59.8 Å². The number of pyridine rings is 1. The van der Waals surface area contributed by atoms with Gasteiger partial charge < -0.3 is 24.6 Å². The first-order valence-electron chi connectivity index (χ1n) is 13.7. The Hall–Kier alpha value is -3.43. The highest BCUT2D eigenvalue weighted by atomic mass is 16.5. The number of methoxy groups -OCH3 is 1. The predicted molar refractivity (Wildman–Crippen MR) is 149 cm³/mol. The zero-order valence-corrected chi connectivity index (χ0v) is 22.5. The third-order valence-corrected chi connectivity index (χ3v) is 8.12. The molecule has 1 saturated carbocycles. The second kappa shape index (κ2) is 10.4. The van der Waals surface area contributed by atoms with E-state index in [1.165, 1.54) is 17.0 Å². The molecule has 4 aromatic heterocycles. The van der Waals surface area contributed by atoms with Crippen LogP contribution >= 0.6 is 0 Å². The van der Waals surface area contributed by atoms with Gasteiger partial charge in [0.25, 0.3) is 0 Å². The van der Waals surface area contributed by atoms with Crippen LogP contribution in [0.25, 0.3) is 16.6 Å². The second-order valence-electron chi connectivity index (χ2n) is 10.8. The molecule has 1 fully saturated rings. The Morgan fingerprint density at radius 2 is 2.00 bits per heavy atom. The lowest BCUT2D eigenvalue weighted by Crippen LogP contribution is -2.31. The lowest BCUT2D eigenvalue weighted by molar-refractivity contribution is 0.121. The Kier molecular flexibility index (Phi) is 6.80. The number of aliphatic hydroxyl groups excluding tert-OH is 1. The van der Waals surface area contributed by atoms with Crippen LogP contribution in [0.1, 0.15) is 55.5 Å². The van der Waals surface area contributed by atoms with E-state index >= 15 is 0 Å². The summed E-state index contributed by atoms with van der Waals surface area (Å²) in [5.74, 6) is 1.92. The summed E-state index contributed by atoms with van der Waals surface area (Å²) >= 11 is 0. The van der Waals surface area contributed by atoms with Crippen molar-refractivity contribution in [2.24, 2.45) is 7.05 Å². The van der Waals surface area contributed by atoms with E-state index in [0.29, 0.717) is 18.5 Å². The summed E-state index contributed by atoms with van der Waals surface area (Å²) in [6.45, 7) is 4.45. The lowest BCUT2D eigenvalue weighted by atomic mass is 9.85. The molecule has 0 spiro atoms. The molecular formula is C29H37N7O2. The average Bonchev–Trinajstić information content (AvgIpc) is 3.49. The molecule has 0 amide bonds. The molecule has 0 bridgehead atoms. The topological polar surface area (TPSA) is 92.7 Å². The summed E-state index contributed by atoms with van der Waals surface area (Å²) in [5.41, 5.74) is 7.18. The van der Waals surface area contributed by atoms with E-state index in [1.54, 1.807) is 7.11 Å². The predicted octanol–water partition coefficient (Wildman–Crippen LogP) is 4.16. The van der Waals surface area contributed by atoms with Crippen LogP contribution in [0.3, 0.4) is 0 Å². The van der Waals surface area contributed by atoms with Crippen LogP contribution in [-0.2, 0) is 24.8 Å². The number of aromatic nitrogens is 5. The van der Waals surface area contributed by atoms with Gasteiger partial charge in [-0.3, -0.25) is 0 Å². The molecular weight excluding hydrogens is 478 g/mol. The van der Waals surface area contributed by atoms with Crippen LogP contribution in [0.4, 0.5) is 11.8 Å². The van der Waals surface area contributed by atoms with Gasteiger partial charge in [0.15, 0.2) is 0 Å². The maximum atomic E-state index is 10.1. The Morgan fingerprint density at radius 3 is 2.82 bits per heavy atom. The fraction of sp³-hybridized carbons (Fsp3) is 0.483. The first-order valence-corrected chi connectivity index (χ1v) is 13.7. The molecule has 1 aliphatic carbocycles. The number of rotatable bonds is 7. The smallest absolute Gasteiger partial charge is 0.241 e. The Labute approximate surface area is 223 Å². The normalized spacial score (nSPS) is 20.5. The first-order chi connectivity index (χ1) is 18.5. The third kappa shape index (κ3) is 4.76. The van der Waals surface area contributed by atoms with Crippen molar-refractivity contribution in [2.45, 2.75) is 63.6 Å². The standard InChI is InChI=1S/C29H37N7O2/c1-19(18-38-3)32-29-31-16-26-24(15-25(36(26)33-29)20-4-6-23(37)7-5-20)22-8-11-30-28(14-22)35-13-10-21-9-12-34(2)27(21)17-35/h8-9,11-12,14-16,19-20,23,37H,4-7,10,13,17-18H2,1-3H3,(H,32,33)/t19-,20?,23?/m0/s1. The molecule has 6 rings (SSSR count). The zero-order valence-electron chi connectivity index (χ0n) is 22.5. The van der Waals surface area contributed by atoms with Crippen molar-refractivity contribution in [3.63, 3.8) is 0 Å². The van der Waals surface area contributed by atoms with Crippen molar-refractivity contribution < 1.29 is 9.84 Å². The molecule has 1 aliphatic heterocycles. The number of aliphatic hydroxyl groups is 1. The van der Waals surface area contributed by atoms with E-state index in [0.717, 1.165) is 67.7 Å². The highest BCUT2D eigenvalue weighted by Crippen LogP contribution is 2.38. The minimum atomic E-state index is -0.198. The van der Waals surface area contributed by atoms with Crippen molar-refractivity contribution in [1.29, 1.82) is 0 Å². The molecule has 9 heteroatoms. The highest BCUT2D eigenvalue weighted by Gasteiger charge is 2.26. The molecule has 9 nitrogen and oxygen atoms in total. The molecule has 4 aromatic rings. The van der Waals surface area contributed by atoms with Gasteiger partial charge in [0.1, 0.15) is 5.82 Å². The summed E-state index contributed by atoms with van der Waals surface area (Å²) in [6.07, 6.45) is 10.4. The summed E-state index contributed by atoms with van der Waals surface area (Å²) in [7, 11) is 3.81. The highest BCUT2D eigenvalue weighted by molar-refractivity contribution is 5.82. The number of hydrogen-bond acceptors (Lipinski definition) is 7. The van der Waals surface area contributed by atoms with E-state index in [1.807, 2.05) is 12.4 Å². The molecule has 0 radical (unpaired) electrons. The average molecular weight is 516 g/mol. The van der Waals surface area contributed by atoms with Gasteiger partial charge in [-0.15, -0.1) is 5.10 Å². The second-order valence-corrected chi connectivity index (χ2v) is 10.8. The van der Waals surface area contributed by atoms with Gasteiger partial charge in [-0.2, -0.15) is 0 Å². The maximum Gasteiger partial charge on any atom is 0.241 e. The van der Waals surface area contributed by atoms with E-state index in [-0.39, 0.29) is 12.1 Å². The number of ether oxygens (including phenoxy) is 1. The summed E-state index contributed by atoms with van der Waals surface area (Å²) in [4.78, 5) is 11.8. The Balaban J connectivity index is 1.37. The van der Waals surface area contributed by atoms with E-state index in [9.17, 15) is 5.11 Å². The van der Waals surface area contributed by atoms with Crippen molar-refractivity contribution in [2.75, 3.05) is 30.5 Å². The minimum Gasteiger partial charge on any atom is -0.393 e. The molecule has 2 N–H and O–H groups in total. The number of nitrogens with zero attached hydrogens (tertiary/aromatic N) is 6. The molecule has 0 saturated heterocycles. The van der Waals surface area contributed by atoms with Gasteiger partial charge in [-0.25, -0.2) is 14.5 Å². The van der Waals surface area contributed by atoms with E-state index in [4.69, 9.17) is 14.8 Å². The molecule has 0 aromatic carbocycles. The monoisotopic (exact) mass is 515 g/mol. The fourth-order valence-corrected chi connectivity index (χ4v) is 6.01. The van der Waals surface area contributed by atoms with Crippen molar-refractivity contribution in [3.8, 4) is 11.1 Å². The van der Waals surface area contributed by atoms with Gasteiger partial charge in [0, 0.05) is 62.0 Å². The summed E-state index contributed by atoms with van der Waals surface area (Å²) < 4.78 is 9.56. The van der Waals surface area contributed by atoms with Crippen LogP contribution in [0, 0.1) is 0 Å². The Morgan fingerprint density at radius 1 is 1.16 bits per heavy atom. The number of fused-ring (bicyclic) bond motifs is 2. The number of hydrogen-bond donors (Lipinski definition) is 2. The van der Waals surface area contributed by atoms with Gasteiger partial charge in [0.2, 0.25) is 5.95 Å². The van der Waals surface area contributed by atoms with Crippen LogP contribution in [-0.4, -0.2) is 61.7 Å². The third-order valence-electron chi connectivity index (χ3n) is 8.12. The Bertz CT molecular complexity index is 1420. The molecule has 38 heavy (non-hydrogen) atoms. The summed E-state index contributed by atoms with van der Waals surface area (Å²) in [6, 6.07) is 8.88. The number of aryl methyl sites for hydroxylation is 1. The largest absolute Gasteiger partial charge is 0.393 e. The lowest BCUT2D eigenvalue weighted by Gasteiger charge is -2.29. The van der Waals surface area contributed by atoms with Crippen molar-refractivity contribution in [1.82, 2.24) is 24.1 Å². The molecule has 1 atom stereocenters. The SMILES string of the molecule is COC[C@H](C)Nc1ncc2c(-c3ccnc(N4CCc5ccn(C)c5C4)c3)cc(C3CCC(O)CC3)n2n1. The fourth-order valence-electron chi connectivity index (χ4n) is 6.01. The van der Waals surface area contributed by atoms with E-state index < -0.39 is 0 Å². The minimum absolute atomic E-state index is 0.0952. The molecule has 5 heterocycles. The van der Waals surface area contributed by atoms with Crippen LogP contribution < -0.4 is 10.2 Å². The van der Waals surface area contributed by atoms with Gasteiger partial charge in [-0.05, 0) is 74.4 Å². The van der Waals surface area contributed by atoms with Crippen LogP contribution in [0.2, 0.25) is 0 Å². The van der Waals surface area contributed by atoms with E-state index in [2.05, 4.69) is 68.7 Å². The number of nitrogens with one attached hydrogen (secondary N) is 1. The van der Waals surface area contributed by atoms with Crippen LogP contribution in [0.15, 0.2) is 42.9 Å². The zero-order chi connectivity index (χ0) is 26.2. The van der Waals surface area contributed by atoms with Gasteiger partial charge in [0.05, 0.1) is 31.0 Å².